The fraction of sp³-hybridized carbons (Fsp3) is 0.385. The maximum atomic E-state index is 11.2. The minimum absolute atomic E-state index is 0.109. The van der Waals surface area contributed by atoms with Crippen LogP contribution in [0.4, 0.5) is 0 Å². The summed E-state index contributed by atoms with van der Waals surface area (Å²) in [6.07, 6.45) is 0. The molecule has 1 heterocycles. The Labute approximate surface area is 109 Å². The van der Waals surface area contributed by atoms with Gasteiger partial charge in [0.05, 0.1) is 29.8 Å². The highest BCUT2D eigenvalue weighted by Crippen LogP contribution is 2.27. The molecule has 1 aromatic carbocycles. The monoisotopic (exact) mass is 264 g/mol. The van der Waals surface area contributed by atoms with Crippen LogP contribution in [0.5, 0.6) is 0 Å². The van der Waals surface area contributed by atoms with Gasteiger partial charge in [0.25, 0.3) is 0 Å². The number of fused-ring (bicyclic) bond motifs is 1. The Morgan fingerprint density at radius 3 is 2.53 bits per heavy atom. The minimum Gasteiger partial charge on any atom is -0.478 e. The quantitative estimate of drug-likeness (QED) is 0.757. The standard InChI is InChI=1S/C13H16N2O4/c1-8-14-11-9(12(18)19)4-3-5-10(11)15(8)13(2,6-16)7-17/h3-5,16-17H,6-7H2,1-2H3,(H,18,19). The zero-order valence-corrected chi connectivity index (χ0v) is 10.8. The highest BCUT2D eigenvalue weighted by molar-refractivity contribution is 6.01. The van der Waals surface area contributed by atoms with Gasteiger partial charge in [0.15, 0.2) is 0 Å². The molecule has 0 spiro atoms. The minimum atomic E-state index is -1.05. The van der Waals surface area contributed by atoms with Crippen LogP contribution in [0.2, 0.25) is 0 Å². The highest BCUT2D eigenvalue weighted by atomic mass is 16.4. The van der Waals surface area contributed by atoms with Gasteiger partial charge in [-0.1, -0.05) is 6.07 Å². The van der Waals surface area contributed by atoms with Crippen molar-refractivity contribution in [3.05, 3.63) is 29.6 Å². The van der Waals surface area contributed by atoms with E-state index in [2.05, 4.69) is 4.98 Å². The van der Waals surface area contributed by atoms with E-state index in [1.807, 2.05) is 0 Å². The van der Waals surface area contributed by atoms with Gasteiger partial charge in [-0.15, -0.1) is 0 Å². The molecule has 1 aromatic heterocycles. The molecule has 0 aliphatic heterocycles. The highest BCUT2D eigenvalue weighted by Gasteiger charge is 2.29. The number of imidazole rings is 1. The van der Waals surface area contributed by atoms with Crippen molar-refractivity contribution in [2.75, 3.05) is 13.2 Å². The fourth-order valence-corrected chi connectivity index (χ4v) is 2.26. The largest absolute Gasteiger partial charge is 0.478 e. The van der Waals surface area contributed by atoms with E-state index < -0.39 is 11.5 Å². The van der Waals surface area contributed by atoms with E-state index in [0.717, 1.165) is 0 Å². The number of aromatic carboxylic acids is 1. The first kappa shape index (κ1) is 13.5. The average Bonchev–Trinajstić information content (AvgIpc) is 2.73. The number of nitrogens with zero attached hydrogens (tertiary/aromatic N) is 2. The van der Waals surface area contributed by atoms with Crippen LogP contribution in [0.15, 0.2) is 18.2 Å². The molecule has 0 radical (unpaired) electrons. The van der Waals surface area contributed by atoms with E-state index in [1.165, 1.54) is 6.07 Å². The van der Waals surface area contributed by atoms with Gasteiger partial charge in [0, 0.05) is 0 Å². The van der Waals surface area contributed by atoms with Crippen molar-refractivity contribution in [3.8, 4) is 0 Å². The van der Waals surface area contributed by atoms with Crippen LogP contribution < -0.4 is 0 Å². The van der Waals surface area contributed by atoms with Gasteiger partial charge in [-0.2, -0.15) is 0 Å². The Hall–Kier alpha value is -1.92. The molecule has 102 valence electrons. The van der Waals surface area contributed by atoms with Crippen LogP contribution >= 0.6 is 0 Å². The number of hydrogen-bond acceptors (Lipinski definition) is 4. The summed E-state index contributed by atoms with van der Waals surface area (Å²) in [6, 6.07) is 4.83. The number of carbonyl (C=O) groups is 1. The topological polar surface area (TPSA) is 95.6 Å². The van der Waals surface area contributed by atoms with Crippen LogP contribution in [0.25, 0.3) is 11.0 Å². The van der Waals surface area contributed by atoms with Gasteiger partial charge in [0.1, 0.15) is 11.3 Å². The van der Waals surface area contributed by atoms with Crippen molar-refractivity contribution < 1.29 is 20.1 Å². The molecule has 2 rings (SSSR count). The molecule has 0 bridgehead atoms. The molecule has 0 saturated heterocycles. The molecule has 0 aliphatic carbocycles. The predicted molar refractivity (Wildman–Crippen MR) is 69.2 cm³/mol. The van der Waals surface area contributed by atoms with Crippen molar-refractivity contribution >= 4 is 17.0 Å². The number of rotatable bonds is 4. The molecule has 3 N–H and O–H groups in total. The Morgan fingerprint density at radius 2 is 2.00 bits per heavy atom. The van der Waals surface area contributed by atoms with Crippen molar-refractivity contribution in [1.82, 2.24) is 9.55 Å². The van der Waals surface area contributed by atoms with Crippen LogP contribution in [-0.2, 0) is 5.54 Å². The van der Waals surface area contributed by atoms with Crippen molar-refractivity contribution in [2.45, 2.75) is 19.4 Å². The van der Waals surface area contributed by atoms with Crippen LogP contribution in [0.1, 0.15) is 23.1 Å². The maximum absolute atomic E-state index is 11.2. The molecule has 0 atom stereocenters. The van der Waals surface area contributed by atoms with Crippen LogP contribution in [0, 0.1) is 6.92 Å². The number of benzene rings is 1. The summed E-state index contributed by atoms with van der Waals surface area (Å²) in [4.78, 5) is 15.4. The summed E-state index contributed by atoms with van der Waals surface area (Å²) in [5.41, 5.74) is 0.136. The van der Waals surface area contributed by atoms with Gasteiger partial charge in [-0.25, -0.2) is 9.78 Å². The normalized spacial score (nSPS) is 12.0. The Kier molecular flexibility index (Phi) is 3.30. The van der Waals surface area contributed by atoms with Crippen molar-refractivity contribution in [2.24, 2.45) is 0 Å². The van der Waals surface area contributed by atoms with Crippen molar-refractivity contribution in [3.63, 3.8) is 0 Å². The van der Waals surface area contributed by atoms with Crippen molar-refractivity contribution in [1.29, 1.82) is 0 Å². The van der Waals surface area contributed by atoms with E-state index in [-0.39, 0.29) is 18.8 Å². The van der Waals surface area contributed by atoms with E-state index in [4.69, 9.17) is 5.11 Å². The first-order chi connectivity index (χ1) is 8.94. The zero-order chi connectivity index (χ0) is 14.2. The molecule has 0 amide bonds. The summed E-state index contributed by atoms with van der Waals surface area (Å²) >= 11 is 0. The maximum Gasteiger partial charge on any atom is 0.337 e. The summed E-state index contributed by atoms with van der Waals surface area (Å²) in [5.74, 6) is -0.501. The van der Waals surface area contributed by atoms with E-state index in [0.29, 0.717) is 16.9 Å². The molecule has 6 heteroatoms. The molecule has 2 aromatic rings. The van der Waals surface area contributed by atoms with Gasteiger partial charge >= 0.3 is 5.97 Å². The zero-order valence-electron chi connectivity index (χ0n) is 10.8. The SMILES string of the molecule is Cc1nc2c(C(=O)O)cccc2n1C(C)(CO)CO. The van der Waals surface area contributed by atoms with Gasteiger partial charge in [-0.05, 0) is 26.0 Å². The average molecular weight is 264 g/mol. The number of para-hydroxylation sites is 1. The molecule has 0 saturated carbocycles. The third kappa shape index (κ3) is 1.98. The number of aromatic nitrogens is 2. The molecule has 6 nitrogen and oxygen atoms in total. The smallest absolute Gasteiger partial charge is 0.337 e. The lowest BCUT2D eigenvalue weighted by Gasteiger charge is -2.28. The molecule has 0 aliphatic rings. The molecular formula is C13H16N2O4. The Morgan fingerprint density at radius 1 is 1.37 bits per heavy atom. The van der Waals surface area contributed by atoms with E-state index >= 15 is 0 Å². The number of aryl methyl sites for hydroxylation is 1. The third-order valence-corrected chi connectivity index (χ3v) is 3.30. The van der Waals surface area contributed by atoms with Gasteiger partial charge < -0.3 is 19.9 Å². The summed E-state index contributed by atoms with van der Waals surface area (Å²) in [5, 5.41) is 28.1. The van der Waals surface area contributed by atoms with Gasteiger partial charge in [-0.3, -0.25) is 0 Å². The Bertz CT molecular complexity index is 629. The molecule has 0 fully saturated rings. The fourth-order valence-electron chi connectivity index (χ4n) is 2.26. The molecule has 19 heavy (non-hydrogen) atoms. The second-order valence-electron chi connectivity index (χ2n) is 4.79. The Balaban J connectivity index is 2.80. The lowest BCUT2D eigenvalue weighted by atomic mass is 10.0. The lowest BCUT2D eigenvalue weighted by molar-refractivity contribution is 0.0699. The first-order valence-corrected chi connectivity index (χ1v) is 5.88. The second-order valence-corrected chi connectivity index (χ2v) is 4.79. The van der Waals surface area contributed by atoms with Crippen LogP contribution in [-0.4, -0.2) is 44.1 Å². The number of hydrogen-bond donors (Lipinski definition) is 3. The lowest BCUT2D eigenvalue weighted by Crippen LogP contribution is -2.38. The predicted octanol–water partition coefficient (Wildman–Crippen LogP) is 0.743. The molecule has 0 unspecified atom stereocenters. The second kappa shape index (κ2) is 4.64. The number of carboxylic acid groups (broad SMARTS) is 1. The molecular weight excluding hydrogens is 248 g/mol. The van der Waals surface area contributed by atoms with E-state index in [1.54, 1.807) is 30.5 Å². The summed E-state index contributed by atoms with van der Waals surface area (Å²) in [7, 11) is 0. The summed E-state index contributed by atoms with van der Waals surface area (Å²) in [6.45, 7) is 2.87. The first-order valence-electron chi connectivity index (χ1n) is 5.88. The van der Waals surface area contributed by atoms with E-state index in [9.17, 15) is 15.0 Å². The van der Waals surface area contributed by atoms with Gasteiger partial charge in [0.2, 0.25) is 0 Å². The number of aliphatic hydroxyl groups excluding tert-OH is 2. The third-order valence-electron chi connectivity index (χ3n) is 3.30. The number of aliphatic hydroxyl groups is 2. The van der Waals surface area contributed by atoms with Crippen LogP contribution in [0.3, 0.4) is 0 Å². The number of carboxylic acids is 1. The summed E-state index contributed by atoms with van der Waals surface area (Å²) < 4.78 is 1.68.